The van der Waals surface area contributed by atoms with Crippen molar-refractivity contribution in [3.8, 4) is 0 Å². The number of carbonyl (C=O) groups is 1. The lowest BCUT2D eigenvalue weighted by Gasteiger charge is -2.29. The summed E-state index contributed by atoms with van der Waals surface area (Å²) in [6.45, 7) is 3.35. The van der Waals surface area contributed by atoms with Crippen molar-refractivity contribution in [1.29, 1.82) is 0 Å². The lowest BCUT2D eigenvalue weighted by Crippen LogP contribution is -2.34. The Hall–Kier alpha value is -2.07. The Labute approximate surface area is 111 Å². The maximum Gasteiger partial charge on any atom is 0.352 e. The smallest absolute Gasteiger partial charge is 0.352 e. The zero-order chi connectivity index (χ0) is 13.2. The molecule has 0 aliphatic carbocycles. The molecule has 0 radical (unpaired) electrons. The summed E-state index contributed by atoms with van der Waals surface area (Å²) in [7, 11) is 0. The van der Waals surface area contributed by atoms with E-state index in [9.17, 15) is 4.79 Å². The van der Waals surface area contributed by atoms with E-state index in [0.29, 0.717) is 5.69 Å². The van der Waals surface area contributed by atoms with Crippen molar-refractivity contribution in [2.75, 3.05) is 6.54 Å². The first kappa shape index (κ1) is 12.0. The van der Waals surface area contributed by atoms with Gasteiger partial charge in [-0.15, -0.1) is 0 Å². The third-order valence-electron chi connectivity index (χ3n) is 3.56. The molecule has 2 aromatic rings. The van der Waals surface area contributed by atoms with Crippen LogP contribution < -0.4 is 0 Å². The summed E-state index contributed by atoms with van der Waals surface area (Å²) >= 11 is 0. The molecule has 0 atom stereocenters. The van der Waals surface area contributed by atoms with Gasteiger partial charge in [-0.05, 0) is 17.7 Å². The van der Waals surface area contributed by atoms with E-state index in [4.69, 9.17) is 5.11 Å². The zero-order valence-corrected chi connectivity index (χ0v) is 10.6. The van der Waals surface area contributed by atoms with Gasteiger partial charge in [0.1, 0.15) is 5.69 Å². The van der Waals surface area contributed by atoms with Gasteiger partial charge in [0.2, 0.25) is 0 Å². The van der Waals surface area contributed by atoms with E-state index in [1.807, 2.05) is 28.8 Å². The van der Waals surface area contributed by atoms with Crippen molar-refractivity contribution >= 4 is 5.97 Å². The fraction of sp³-hybridized carbons (Fsp3) is 0.267. The molecule has 0 spiro atoms. The van der Waals surface area contributed by atoms with Crippen LogP contribution in [0.4, 0.5) is 0 Å². The van der Waals surface area contributed by atoms with Gasteiger partial charge in [0.25, 0.3) is 0 Å². The summed E-state index contributed by atoms with van der Waals surface area (Å²) in [5, 5.41) is 9.10. The number of nitrogens with zero attached hydrogens (tertiary/aromatic N) is 2. The lowest BCUT2D eigenvalue weighted by molar-refractivity contribution is 0.0680. The molecule has 0 fully saturated rings. The standard InChI is InChI=1S/C15H16N2O2/c18-15(19)14-7-6-13-11-16(8-9-17(13)14)10-12-4-2-1-3-5-12/h1-7H,8-11H2,(H,18,19). The van der Waals surface area contributed by atoms with Gasteiger partial charge >= 0.3 is 5.97 Å². The van der Waals surface area contributed by atoms with E-state index in [-0.39, 0.29) is 0 Å². The van der Waals surface area contributed by atoms with Crippen LogP contribution in [-0.2, 0) is 19.6 Å². The minimum atomic E-state index is -0.845. The largest absolute Gasteiger partial charge is 0.477 e. The first-order valence-corrected chi connectivity index (χ1v) is 6.42. The van der Waals surface area contributed by atoms with Gasteiger partial charge in [0.05, 0.1) is 0 Å². The third kappa shape index (κ3) is 2.39. The lowest BCUT2D eigenvalue weighted by atomic mass is 10.2. The average Bonchev–Trinajstić information content (AvgIpc) is 2.83. The van der Waals surface area contributed by atoms with Crippen molar-refractivity contribution in [2.24, 2.45) is 0 Å². The number of carboxylic acid groups (broad SMARTS) is 1. The summed E-state index contributed by atoms with van der Waals surface area (Å²) in [4.78, 5) is 13.4. The molecule has 4 heteroatoms. The molecule has 4 nitrogen and oxygen atoms in total. The fourth-order valence-electron chi connectivity index (χ4n) is 2.62. The fourth-order valence-corrected chi connectivity index (χ4v) is 2.62. The van der Waals surface area contributed by atoms with Gasteiger partial charge < -0.3 is 9.67 Å². The van der Waals surface area contributed by atoms with Gasteiger partial charge in [-0.3, -0.25) is 4.90 Å². The number of aromatic carboxylic acids is 1. The molecule has 0 saturated heterocycles. The van der Waals surface area contributed by atoms with Gasteiger partial charge in [-0.25, -0.2) is 4.79 Å². The van der Waals surface area contributed by atoms with E-state index in [2.05, 4.69) is 17.0 Å². The van der Waals surface area contributed by atoms with Crippen LogP contribution in [0.3, 0.4) is 0 Å². The summed E-state index contributed by atoms with van der Waals surface area (Å²) in [6.07, 6.45) is 0. The number of fused-ring (bicyclic) bond motifs is 1. The Bertz CT molecular complexity index is 589. The third-order valence-corrected chi connectivity index (χ3v) is 3.56. The number of hydrogen-bond acceptors (Lipinski definition) is 2. The summed E-state index contributed by atoms with van der Waals surface area (Å²) in [5.41, 5.74) is 2.77. The molecule has 0 bridgehead atoms. The molecule has 1 N–H and O–H groups in total. The molecule has 19 heavy (non-hydrogen) atoms. The second-order valence-electron chi connectivity index (χ2n) is 4.86. The van der Waals surface area contributed by atoms with E-state index in [1.54, 1.807) is 6.07 Å². The Kier molecular flexibility index (Phi) is 3.09. The summed E-state index contributed by atoms with van der Waals surface area (Å²) in [5.74, 6) is -0.845. The molecule has 1 aliphatic rings. The highest BCUT2D eigenvalue weighted by Crippen LogP contribution is 2.18. The first-order valence-electron chi connectivity index (χ1n) is 6.42. The highest BCUT2D eigenvalue weighted by atomic mass is 16.4. The van der Waals surface area contributed by atoms with Crippen molar-refractivity contribution in [3.05, 3.63) is 59.4 Å². The SMILES string of the molecule is O=C(O)c1ccc2n1CCN(Cc1ccccc1)C2. The van der Waals surface area contributed by atoms with Crippen LogP contribution in [0, 0.1) is 0 Å². The maximum absolute atomic E-state index is 11.1. The molecular formula is C15H16N2O2. The molecule has 0 unspecified atom stereocenters. The minimum absolute atomic E-state index is 0.398. The molecule has 2 heterocycles. The van der Waals surface area contributed by atoms with Crippen molar-refractivity contribution in [3.63, 3.8) is 0 Å². The van der Waals surface area contributed by atoms with Crippen LogP contribution in [0.25, 0.3) is 0 Å². The minimum Gasteiger partial charge on any atom is -0.477 e. The topological polar surface area (TPSA) is 45.5 Å². The van der Waals surface area contributed by atoms with Gasteiger partial charge in [-0.1, -0.05) is 30.3 Å². The number of benzene rings is 1. The summed E-state index contributed by atoms with van der Waals surface area (Å²) < 4.78 is 1.91. The van der Waals surface area contributed by atoms with Crippen molar-refractivity contribution in [1.82, 2.24) is 9.47 Å². The van der Waals surface area contributed by atoms with Crippen molar-refractivity contribution in [2.45, 2.75) is 19.6 Å². The zero-order valence-electron chi connectivity index (χ0n) is 10.6. The number of aromatic nitrogens is 1. The Morgan fingerprint density at radius 3 is 2.63 bits per heavy atom. The normalized spacial score (nSPS) is 15.2. The highest BCUT2D eigenvalue weighted by molar-refractivity contribution is 5.86. The predicted molar refractivity (Wildman–Crippen MR) is 71.9 cm³/mol. The van der Waals surface area contributed by atoms with E-state index < -0.39 is 5.97 Å². The quantitative estimate of drug-likeness (QED) is 0.915. The predicted octanol–water partition coefficient (Wildman–Crippen LogP) is 2.20. The molecule has 98 valence electrons. The first-order chi connectivity index (χ1) is 9.24. The van der Waals surface area contributed by atoms with E-state index in [1.165, 1.54) is 5.56 Å². The Balaban J connectivity index is 1.74. The second kappa shape index (κ2) is 4.90. The monoisotopic (exact) mass is 256 g/mol. The molecular weight excluding hydrogens is 240 g/mol. The van der Waals surface area contributed by atoms with Gasteiger partial charge in [-0.2, -0.15) is 0 Å². The van der Waals surface area contributed by atoms with Crippen LogP contribution in [0.15, 0.2) is 42.5 Å². The highest BCUT2D eigenvalue weighted by Gasteiger charge is 2.20. The molecule has 3 rings (SSSR count). The Morgan fingerprint density at radius 2 is 1.89 bits per heavy atom. The molecule has 1 aromatic heterocycles. The Morgan fingerprint density at radius 1 is 1.11 bits per heavy atom. The second-order valence-corrected chi connectivity index (χ2v) is 4.86. The summed E-state index contributed by atoms with van der Waals surface area (Å²) in [6, 6.07) is 14.0. The van der Waals surface area contributed by atoms with Crippen LogP contribution in [-0.4, -0.2) is 27.1 Å². The van der Waals surface area contributed by atoms with Crippen LogP contribution in [0.2, 0.25) is 0 Å². The van der Waals surface area contributed by atoms with Crippen LogP contribution >= 0.6 is 0 Å². The van der Waals surface area contributed by atoms with Crippen LogP contribution in [0.5, 0.6) is 0 Å². The van der Waals surface area contributed by atoms with Gasteiger partial charge in [0, 0.05) is 31.9 Å². The van der Waals surface area contributed by atoms with Crippen molar-refractivity contribution < 1.29 is 9.90 Å². The maximum atomic E-state index is 11.1. The molecule has 1 aliphatic heterocycles. The molecule has 1 aromatic carbocycles. The van der Waals surface area contributed by atoms with Gasteiger partial charge in [0.15, 0.2) is 0 Å². The number of hydrogen-bond donors (Lipinski definition) is 1. The van der Waals surface area contributed by atoms with Crippen LogP contribution in [0.1, 0.15) is 21.7 Å². The van der Waals surface area contributed by atoms with E-state index in [0.717, 1.165) is 31.9 Å². The number of carboxylic acids is 1. The molecule has 0 amide bonds. The average molecular weight is 256 g/mol. The van der Waals surface area contributed by atoms with E-state index >= 15 is 0 Å². The molecule has 0 saturated carbocycles. The number of rotatable bonds is 3.